The summed E-state index contributed by atoms with van der Waals surface area (Å²) < 4.78 is 32.6. The number of nitrogens with zero attached hydrogens (tertiary/aromatic N) is 4. The standard InChI is InChI=1S/C23H22ClFN6O3S/c24-17-7-6-15(10-20(17)31(32)33)35(34)29-19-8-5-13(9-18(19)25)16-11-30(14-3-1-2-4-14)23-21(16)22(26)27-12-28-23/h5-12,14,29,32-33H,1-4H2,(H2,26,27,28). The summed E-state index contributed by atoms with van der Waals surface area (Å²) in [7, 11) is -1.90. The Morgan fingerprint density at radius 2 is 1.94 bits per heavy atom. The summed E-state index contributed by atoms with van der Waals surface area (Å²) >= 11 is 5.89. The highest BCUT2D eigenvalue weighted by atomic mass is 35.5. The van der Waals surface area contributed by atoms with E-state index in [1.807, 2.05) is 6.20 Å². The van der Waals surface area contributed by atoms with Crippen molar-refractivity contribution in [2.45, 2.75) is 36.6 Å². The largest absolute Gasteiger partial charge is 0.383 e. The van der Waals surface area contributed by atoms with Crippen molar-refractivity contribution in [3.8, 4) is 11.1 Å². The van der Waals surface area contributed by atoms with Gasteiger partial charge in [0.1, 0.15) is 40.3 Å². The summed E-state index contributed by atoms with van der Waals surface area (Å²) in [4.78, 5) is 8.75. The molecule has 1 unspecified atom stereocenters. The average Bonchev–Trinajstić information content (AvgIpc) is 3.49. The first-order chi connectivity index (χ1) is 16.8. The minimum absolute atomic E-state index is 0.0113. The van der Waals surface area contributed by atoms with Crippen molar-refractivity contribution in [1.29, 1.82) is 0 Å². The zero-order valence-electron chi connectivity index (χ0n) is 18.4. The molecule has 2 aromatic heterocycles. The first kappa shape index (κ1) is 23.5. The van der Waals surface area contributed by atoms with Crippen LogP contribution in [0.25, 0.3) is 22.2 Å². The molecule has 2 aromatic carbocycles. The van der Waals surface area contributed by atoms with E-state index >= 15 is 4.39 Å². The Bertz CT molecular complexity index is 1440. The normalized spacial score (nSPS) is 15.0. The molecule has 35 heavy (non-hydrogen) atoms. The lowest BCUT2D eigenvalue weighted by Crippen LogP contribution is -2.13. The number of anilines is 3. The fourth-order valence-corrected chi connectivity index (χ4v) is 5.56. The van der Waals surface area contributed by atoms with Crippen LogP contribution in [-0.2, 0) is 11.0 Å². The topological polar surface area (TPSA) is 130 Å². The maximum Gasteiger partial charge on any atom is 0.150 e. The molecule has 5 N–H and O–H groups in total. The maximum atomic E-state index is 15.1. The first-order valence-corrected chi connectivity index (χ1v) is 12.4. The molecular formula is C23H22ClFN6O3S. The van der Waals surface area contributed by atoms with Gasteiger partial charge in [0, 0.05) is 17.8 Å². The lowest BCUT2D eigenvalue weighted by atomic mass is 10.1. The number of fused-ring (bicyclic) bond motifs is 1. The Balaban J connectivity index is 1.47. The number of nitrogens with two attached hydrogens (primary N) is 1. The van der Waals surface area contributed by atoms with Crippen LogP contribution < -0.4 is 15.7 Å². The van der Waals surface area contributed by atoms with Gasteiger partial charge >= 0.3 is 0 Å². The number of nitrogens with one attached hydrogen (secondary N) is 1. The fourth-order valence-electron chi connectivity index (χ4n) is 4.47. The van der Waals surface area contributed by atoms with Gasteiger partial charge in [0.05, 0.1) is 21.0 Å². The molecule has 1 fully saturated rings. The lowest BCUT2D eigenvalue weighted by Gasteiger charge is -2.13. The number of hydrogen-bond acceptors (Lipinski definition) is 7. The van der Waals surface area contributed by atoms with Gasteiger partial charge in [-0.2, -0.15) is 0 Å². The second kappa shape index (κ2) is 9.42. The molecule has 0 radical (unpaired) electrons. The predicted octanol–water partition coefficient (Wildman–Crippen LogP) is 5.31. The minimum atomic E-state index is -1.90. The zero-order valence-corrected chi connectivity index (χ0v) is 19.9. The van der Waals surface area contributed by atoms with Gasteiger partial charge in [-0.3, -0.25) is 15.1 Å². The summed E-state index contributed by atoms with van der Waals surface area (Å²) in [6.45, 7) is 0. The van der Waals surface area contributed by atoms with Gasteiger partial charge in [0.25, 0.3) is 0 Å². The SMILES string of the molecule is Nc1ncnc2c1c(-c1ccc(NS(=O)c3ccc(Cl)c(N(O)O)c3)c(F)c1)cn2C1CCCC1. The summed E-state index contributed by atoms with van der Waals surface area (Å²) in [5.74, 6) is -0.293. The molecular weight excluding hydrogens is 495 g/mol. The summed E-state index contributed by atoms with van der Waals surface area (Å²) in [5.41, 5.74) is 8.08. The third kappa shape index (κ3) is 4.43. The van der Waals surface area contributed by atoms with Gasteiger partial charge in [-0.15, -0.1) is 5.23 Å². The Kier molecular flexibility index (Phi) is 6.32. The van der Waals surface area contributed by atoms with Gasteiger partial charge in [0.15, 0.2) is 0 Å². The number of nitrogen functional groups attached to an aromatic ring is 1. The number of rotatable bonds is 6. The Labute approximate surface area is 207 Å². The zero-order chi connectivity index (χ0) is 24.7. The molecule has 1 saturated carbocycles. The van der Waals surface area contributed by atoms with Crippen molar-refractivity contribution < 1.29 is 19.0 Å². The van der Waals surface area contributed by atoms with Crippen molar-refractivity contribution in [2.24, 2.45) is 0 Å². The molecule has 2 heterocycles. The Hall–Kier alpha value is -3.25. The summed E-state index contributed by atoms with van der Waals surface area (Å²) in [6, 6.07) is 8.87. The van der Waals surface area contributed by atoms with Gasteiger partial charge < -0.3 is 10.3 Å². The van der Waals surface area contributed by atoms with Crippen molar-refractivity contribution in [3.05, 3.63) is 59.8 Å². The van der Waals surface area contributed by atoms with E-state index in [0.29, 0.717) is 22.8 Å². The van der Waals surface area contributed by atoms with Crippen molar-refractivity contribution >= 4 is 50.8 Å². The third-order valence-corrected chi connectivity index (χ3v) is 7.59. The molecule has 0 spiro atoms. The van der Waals surface area contributed by atoms with E-state index in [1.165, 1.54) is 36.7 Å². The molecule has 0 saturated heterocycles. The second-order valence-corrected chi connectivity index (χ2v) is 9.93. The van der Waals surface area contributed by atoms with Crippen LogP contribution in [0.1, 0.15) is 31.7 Å². The maximum absolute atomic E-state index is 15.1. The highest BCUT2D eigenvalue weighted by molar-refractivity contribution is 7.86. The highest BCUT2D eigenvalue weighted by Gasteiger charge is 2.23. The molecule has 1 aliphatic carbocycles. The molecule has 9 nitrogen and oxygen atoms in total. The van der Waals surface area contributed by atoms with E-state index in [0.717, 1.165) is 36.9 Å². The molecule has 1 atom stereocenters. The van der Waals surface area contributed by atoms with E-state index in [1.54, 1.807) is 6.07 Å². The van der Waals surface area contributed by atoms with E-state index in [-0.39, 0.29) is 26.5 Å². The monoisotopic (exact) mass is 516 g/mol. The van der Waals surface area contributed by atoms with Gasteiger partial charge in [-0.1, -0.05) is 30.5 Å². The summed E-state index contributed by atoms with van der Waals surface area (Å²) in [6.07, 6.45) is 7.79. The van der Waals surface area contributed by atoms with Gasteiger partial charge in [-0.05, 0) is 48.7 Å². The molecule has 182 valence electrons. The highest BCUT2D eigenvalue weighted by Crippen LogP contribution is 2.39. The molecule has 0 aliphatic heterocycles. The molecule has 0 bridgehead atoms. The van der Waals surface area contributed by atoms with Crippen LogP contribution in [0.4, 0.5) is 21.6 Å². The summed E-state index contributed by atoms with van der Waals surface area (Å²) in [5, 5.41) is 19.1. The van der Waals surface area contributed by atoms with Crippen LogP contribution in [0.15, 0.2) is 53.8 Å². The van der Waals surface area contributed by atoms with Crippen LogP contribution in [0, 0.1) is 5.82 Å². The molecule has 0 amide bonds. The van der Waals surface area contributed by atoms with Crippen LogP contribution in [-0.4, -0.2) is 29.2 Å². The van der Waals surface area contributed by atoms with Crippen LogP contribution >= 0.6 is 11.6 Å². The molecule has 12 heteroatoms. The van der Waals surface area contributed by atoms with E-state index in [9.17, 15) is 14.6 Å². The average molecular weight is 517 g/mol. The second-order valence-electron chi connectivity index (χ2n) is 8.31. The van der Waals surface area contributed by atoms with Crippen LogP contribution in [0.3, 0.4) is 0 Å². The van der Waals surface area contributed by atoms with Crippen molar-refractivity contribution in [1.82, 2.24) is 14.5 Å². The molecule has 1 aliphatic rings. The number of benzene rings is 2. The fraction of sp³-hybridized carbons (Fsp3) is 0.217. The molecule has 5 rings (SSSR count). The van der Waals surface area contributed by atoms with Crippen molar-refractivity contribution in [3.63, 3.8) is 0 Å². The number of hydrogen-bond donors (Lipinski definition) is 4. The number of halogens is 2. The Morgan fingerprint density at radius 1 is 1.17 bits per heavy atom. The quantitative estimate of drug-likeness (QED) is 0.255. The van der Waals surface area contributed by atoms with Crippen LogP contribution in [0.2, 0.25) is 5.02 Å². The number of aromatic nitrogens is 3. The first-order valence-electron chi connectivity index (χ1n) is 10.9. The lowest BCUT2D eigenvalue weighted by molar-refractivity contribution is 0.0291. The van der Waals surface area contributed by atoms with Gasteiger partial charge in [-0.25, -0.2) is 18.6 Å². The van der Waals surface area contributed by atoms with E-state index < -0.39 is 16.8 Å². The smallest absolute Gasteiger partial charge is 0.150 e. The van der Waals surface area contributed by atoms with Crippen LogP contribution in [0.5, 0.6) is 0 Å². The van der Waals surface area contributed by atoms with E-state index in [4.69, 9.17) is 17.3 Å². The third-order valence-electron chi connectivity index (χ3n) is 6.19. The minimum Gasteiger partial charge on any atom is -0.383 e. The van der Waals surface area contributed by atoms with Crippen molar-refractivity contribution in [2.75, 3.05) is 15.7 Å². The predicted molar refractivity (Wildman–Crippen MR) is 132 cm³/mol. The Morgan fingerprint density at radius 3 is 2.66 bits per heavy atom. The molecule has 4 aromatic rings. The van der Waals surface area contributed by atoms with Gasteiger partial charge in [0.2, 0.25) is 0 Å². The van der Waals surface area contributed by atoms with E-state index in [2.05, 4.69) is 19.3 Å².